The number of hydrogen-bond acceptors (Lipinski definition) is 3. The van der Waals surface area contributed by atoms with Crippen molar-refractivity contribution in [2.75, 3.05) is 32.0 Å². The van der Waals surface area contributed by atoms with Gasteiger partial charge >= 0.3 is 0 Å². The fraction of sp³-hybridized carbons (Fsp3) is 0.600. The highest BCUT2D eigenvalue weighted by atomic mass is 15.1. The lowest BCUT2D eigenvalue weighted by Gasteiger charge is -2.34. The number of nitrogens with one attached hydrogen (secondary N) is 1. The summed E-state index contributed by atoms with van der Waals surface area (Å²) in [6.45, 7) is 5.13. The third kappa shape index (κ3) is 3.24. The molecule has 1 heterocycles. The number of hydrogen-bond donors (Lipinski definition) is 2. The van der Waals surface area contributed by atoms with Crippen LogP contribution in [0, 0.1) is 6.92 Å². The molecule has 0 aliphatic carbocycles. The first kappa shape index (κ1) is 13.4. The molecular weight excluding hydrogens is 222 g/mol. The summed E-state index contributed by atoms with van der Waals surface area (Å²) in [5.41, 5.74) is 8.61. The number of benzene rings is 1. The molecule has 2 rings (SSSR count). The summed E-state index contributed by atoms with van der Waals surface area (Å²) in [5, 5.41) is 3.69. The minimum Gasteiger partial charge on any atom is -0.378 e. The van der Waals surface area contributed by atoms with Gasteiger partial charge in [0.05, 0.1) is 5.54 Å². The van der Waals surface area contributed by atoms with E-state index in [2.05, 4.69) is 48.5 Å². The van der Waals surface area contributed by atoms with Gasteiger partial charge in [-0.3, -0.25) is 0 Å². The molecule has 3 N–H and O–H groups in total. The molecule has 1 unspecified atom stereocenters. The van der Waals surface area contributed by atoms with Crippen molar-refractivity contribution in [3.8, 4) is 0 Å². The standard InChI is InChI=1S/C15H25N3/c1-13-5-3-6-14(11-13)17-15(12-16)7-4-9-18(2)10-8-15/h3,5-6,11,17H,4,7-10,12,16H2,1-2H3. The second-order valence-corrected chi connectivity index (χ2v) is 5.64. The SMILES string of the molecule is Cc1cccc(NC2(CN)CCCN(C)CC2)c1. The highest BCUT2D eigenvalue weighted by Gasteiger charge is 2.30. The van der Waals surface area contributed by atoms with Gasteiger partial charge in [0.2, 0.25) is 0 Å². The number of nitrogens with zero attached hydrogens (tertiary/aromatic N) is 1. The predicted octanol–water partition coefficient (Wildman–Crippen LogP) is 2.22. The van der Waals surface area contributed by atoms with Crippen LogP contribution in [0.5, 0.6) is 0 Å². The van der Waals surface area contributed by atoms with Crippen molar-refractivity contribution in [1.82, 2.24) is 4.90 Å². The van der Waals surface area contributed by atoms with Crippen molar-refractivity contribution in [3.63, 3.8) is 0 Å². The van der Waals surface area contributed by atoms with Gasteiger partial charge in [-0.05, 0) is 57.5 Å². The zero-order chi connectivity index (χ0) is 13.0. The first-order valence-corrected chi connectivity index (χ1v) is 6.87. The molecular formula is C15H25N3. The Labute approximate surface area is 110 Å². The van der Waals surface area contributed by atoms with E-state index < -0.39 is 0 Å². The Morgan fingerprint density at radius 2 is 2.17 bits per heavy atom. The molecule has 1 aliphatic heterocycles. The summed E-state index contributed by atoms with van der Waals surface area (Å²) >= 11 is 0. The average Bonchev–Trinajstić information content (AvgIpc) is 2.53. The first-order valence-electron chi connectivity index (χ1n) is 6.87. The minimum atomic E-state index is 0.0680. The Morgan fingerprint density at radius 3 is 2.89 bits per heavy atom. The summed E-state index contributed by atoms with van der Waals surface area (Å²) in [5.74, 6) is 0. The number of likely N-dealkylation sites (tertiary alicyclic amines) is 1. The van der Waals surface area contributed by atoms with Gasteiger partial charge in [-0.25, -0.2) is 0 Å². The average molecular weight is 247 g/mol. The van der Waals surface area contributed by atoms with E-state index in [9.17, 15) is 0 Å². The van der Waals surface area contributed by atoms with Crippen LogP contribution in [0.25, 0.3) is 0 Å². The van der Waals surface area contributed by atoms with Gasteiger partial charge in [-0.1, -0.05) is 12.1 Å². The Kier molecular flexibility index (Phi) is 4.25. The van der Waals surface area contributed by atoms with Crippen LogP contribution in [0.3, 0.4) is 0 Å². The largest absolute Gasteiger partial charge is 0.378 e. The molecule has 0 spiro atoms. The first-order chi connectivity index (χ1) is 8.63. The third-order valence-electron chi connectivity index (χ3n) is 3.99. The second-order valence-electron chi connectivity index (χ2n) is 5.64. The smallest absolute Gasteiger partial charge is 0.0508 e. The molecule has 0 saturated carbocycles. The highest BCUT2D eigenvalue weighted by molar-refractivity contribution is 5.48. The van der Waals surface area contributed by atoms with Crippen LogP contribution < -0.4 is 11.1 Å². The molecule has 1 saturated heterocycles. The molecule has 1 aliphatic rings. The number of aryl methyl sites for hydroxylation is 1. The Bertz CT molecular complexity index is 391. The van der Waals surface area contributed by atoms with Crippen molar-refractivity contribution in [1.29, 1.82) is 0 Å². The summed E-state index contributed by atoms with van der Waals surface area (Å²) in [6, 6.07) is 8.57. The van der Waals surface area contributed by atoms with Crippen molar-refractivity contribution in [3.05, 3.63) is 29.8 Å². The van der Waals surface area contributed by atoms with Crippen LogP contribution in [-0.4, -0.2) is 37.1 Å². The van der Waals surface area contributed by atoms with E-state index in [0.29, 0.717) is 6.54 Å². The van der Waals surface area contributed by atoms with Crippen molar-refractivity contribution in [2.24, 2.45) is 5.73 Å². The van der Waals surface area contributed by atoms with E-state index in [0.717, 1.165) is 19.4 Å². The lowest BCUT2D eigenvalue weighted by atomic mass is 9.90. The lowest BCUT2D eigenvalue weighted by Crippen LogP contribution is -2.46. The number of anilines is 1. The highest BCUT2D eigenvalue weighted by Crippen LogP contribution is 2.26. The van der Waals surface area contributed by atoms with Crippen LogP contribution in [0.15, 0.2) is 24.3 Å². The molecule has 0 aromatic heterocycles. The zero-order valence-corrected chi connectivity index (χ0v) is 11.6. The topological polar surface area (TPSA) is 41.3 Å². The van der Waals surface area contributed by atoms with Gasteiger partial charge in [-0.15, -0.1) is 0 Å². The monoisotopic (exact) mass is 247 g/mol. The van der Waals surface area contributed by atoms with Gasteiger partial charge in [0.25, 0.3) is 0 Å². The third-order valence-corrected chi connectivity index (χ3v) is 3.99. The summed E-state index contributed by atoms with van der Waals surface area (Å²) in [4.78, 5) is 2.40. The maximum Gasteiger partial charge on any atom is 0.0508 e. The molecule has 3 nitrogen and oxygen atoms in total. The maximum atomic E-state index is 6.06. The van der Waals surface area contributed by atoms with Crippen LogP contribution in [0.2, 0.25) is 0 Å². The Hall–Kier alpha value is -1.06. The molecule has 18 heavy (non-hydrogen) atoms. The normalized spacial score (nSPS) is 25.7. The Balaban J connectivity index is 2.12. The molecule has 0 bridgehead atoms. The molecule has 0 radical (unpaired) electrons. The van der Waals surface area contributed by atoms with Gasteiger partial charge in [0.15, 0.2) is 0 Å². The molecule has 1 fully saturated rings. The zero-order valence-electron chi connectivity index (χ0n) is 11.6. The lowest BCUT2D eigenvalue weighted by molar-refractivity contribution is 0.337. The number of rotatable bonds is 3. The fourth-order valence-electron chi connectivity index (χ4n) is 2.74. The van der Waals surface area contributed by atoms with E-state index in [1.165, 1.54) is 24.2 Å². The van der Waals surface area contributed by atoms with Crippen molar-refractivity contribution in [2.45, 2.75) is 31.7 Å². The van der Waals surface area contributed by atoms with Gasteiger partial charge in [0.1, 0.15) is 0 Å². The molecule has 100 valence electrons. The molecule has 3 heteroatoms. The fourth-order valence-corrected chi connectivity index (χ4v) is 2.74. The quantitative estimate of drug-likeness (QED) is 0.860. The minimum absolute atomic E-state index is 0.0680. The van der Waals surface area contributed by atoms with E-state index in [4.69, 9.17) is 5.73 Å². The van der Waals surface area contributed by atoms with E-state index in [-0.39, 0.29) is 5.54 Å². The summed E-state index contributed by atoms with van der Waals surface area (Å²) < 4.78 is 0. The van der Waals surface area contributed by atoms with Crippen molar-refractivity contribution < 1.29 is 0 Å². The molecule has 1 aromatic carbocycles. The van der Waals surface area contributed by atoms with Gasteiger partial charge in [0, 0.05) is 18.8 Å². The molecule has 0 amide bonds. The molecule has 1 aromatic rings. The second kappa shape index (κ2) is 5.72. The van der Waals surface area contributed by atoms with Crippen LogP contribution in [0.1, 0.15) is 24.8 Å². The van der Waals surface area contributed by atoms with E-state index >= 15 is 0 Å². The molecule has 1 atom stereocenters. The van der Waals surface area contributed by atoms with E-state index in [1.807, 2.05) is 0 Å². The van der Waals surface area contributed by atoms with E-state index in [1.54, 1.807) is 0 Å². The van der Waals surface area contributed by atoms with Crippen LogP contribution >= 0.6 is 0 Å². The van der Waals surface area contributed by atoms with Crippen molar-refractivity contribution >= 4 is 5.69 Å². The van der Waals surface area contributed by atoms with Gasteiger partial charge < -0.3 is 16.0 Å². The van der Waals surface area contributed by atoms with Crippen LogP contribution in [0.4, 0.5) is 5.69 Å². The Morgan fingerprint density at radius 1 is 1.33 bits per heavy atom. The summed E-state index contributed by atoms with van der Waals surface area (Å²) in [7, 11) is 2.19. The maximum absolute atomic E-state index is 6.06. The predicted molar refractivity (Wildman–Crippen MR) is 77.9 cm³/mol. The number of nitrogens with two attached hydrogens (primary N) is 1. The van der Waals surface area contributed by atoms with Gasteiger partial charge in [-0.2, -0.15) is 0 Å². The van der Waals surface area contributed by atoms with Crippen LogP contribution in [-0.2, 0) is 0 Å². The summed E-state index contributed by atoms with van der Waals surface area (Å²) in [6.07, 6.45) is 3.49.